The van der Waals surface area contributed by atoms with Crippen molar-refractivity contribution in [1.82, 2.24) is 0 Å². The van der Waals surface area contributed by atoms with Crippen LogP contribution in [0.1, 0.15) is 22.0 Å². The van der Waals surface area contributed by atoms with Crippen LogP contribution in [0.2, 0.25) is 0 Å². The van der Waals surface area contributed by atoms with Crippen molar-refractivity contribution in [2.24, 2.45) is 0 Å². The van der Waals surface area contributed by atoms with Crippen molar-refractivity contribution in [2.75, 3.05) is 6.61 Å². The summed E-state index contributed by atoms with van der Waals surface area (Å²) < 4.78 is 16.6. The molecule has 1 aliphatic heterocycles. The van der Waals surface area contributed by atoms with Gasteiger partial charge in [-0.1, -0.05) is 0 Å². The molecule has 5 atom stereocenters. The van der Waals surface area contributed by atoms with Crippen LogP contribution in [0.25, 0.3) is 21.9 Å². The van der Waals surface area contributed by atoms with Gasteiger partial charge in [-0.05, 0) is 30.3 Å². The summed E-state index contributed by atoms with van der Waals surface area (Å²) in [5.41, 5.74) is -1.93. The summed E-state index contributed by atoms with van der Waals surface area (Å²) in [4.78, 5) is 26.1. The first-order valence-corrected chi connectivity index (χ1v) is 11.5. The van der Waals surface area contributed by atoms with E-state index in [4.69, 9.17) is 13.9 Å². The van der Waals surface area contributed by atoms with Crippen molar-refractivity contribution in [3.63, 3.8) is 0 Å². The third-order valence-corrected chi connectivity index (χ3v) is 6.55. The Labute approximate surface area is 217 Å². The SMILES string of the molecule is O=C(O[C@H]1[C@@H](O)[C@H](O)[C@@H](CO)O[C@H]1c1c(O)cc2oc3cc(O)c(O)cc3c(=O)c2c1O)c1ccc(O)cc1. The fourth-order valence-corrected chi connectivity index (χ4v) is 4.54. The van der Waals surface area contributed by atoms with Crippen LogP contribution in [-0.4, -0.2) is 77.8 Å². The number of aliphatic hydroxyl groups excluding tert-OH is 3. The smallest absolute Gasteiger partial charge is 0.338 e. The van der Waals surface area contributed by atoms with E-state index in [1.54, 1.807) is 0 Å². The standard InChI is InChI=1S/C26H22O13/c27-8-17-21(33)23(35)25(39-26(36)9-1-3-10(28)4-2-9)24(38-17)18-14(31)7-16-19(22(18)34)20(32)11-5-12(29)13(30)6-15(11)37-16/h1-7,17,21,23-25,27-31,33-35H,8H2/t17-,21-,23+,24+,25+/m1/s1. The normalized spacial score (nSPS) is 23.2. The molecule has 2 heterocycles. The largest absolute Gasteiger partial charge is 0.508 e. The van der Waals surface area contributed by atoms with E-state index in [1.807, 2.05) is 0 Å². The lowest BCUT2D eigenvalue weighted by Crippen LogP contribution is -2.56. The van der Waals surface area contributed by atoms with Gasteiger partial charge in [0.2, 0.25) is 5.43 Å². The van der Waals surface area contributed by atoms with Gasteiger partial charge in [0.1, 0.15) is 58.2 Å². The zero-order chi connectivity index (χ0) is 28.2. The van der Waals surface area contributed by atoms with Gasteiger partial charge in [-0.25, -0.2) is 4.79 Å². The number of esters is 1. The monoisotopic (exact) mass is 542 g/mol. The third-order valence-electron chi connectivity index (χ3n) is 6.55. The van der Waals surface area contributed by atoms with Crippen LogP contribution in [0.4, 0.5) is 0 Å². The Hall–Kier alpha value is -4.56. The molecule has 0 unspecified atom stereocenters. The number of phenols is 5. The third kappa shape index (κ3) is 4.32. The number of ether oxygens (including phenoxy) is 2. The molecular weight excluding hydrogens is 520 g/mol. The summed E-state index contributed by atoms with van der Waals surface area (Å²) in [6, 6.07) is 7.71. The molecule has 0 spiro atoms. The predicted octanol–water partition coefficient (Wildman–Crippen LogP) is 0.854. The second-order valence-electron chi connectivity index (χ2n) is 8.98. The lowest BCUT2D eigenvalue weighted by atomic mass is 9.89. The zero-order valence-corrected chi connectivity index (χ0v) is 19.8. The van der Waals surface area contributed by atoms with E-state index in [0.717, 1.165) is 18.2 Å². The van der Waals surface area contributed by atoms with Gasteiger partial charge in [0.15, 0.2) is 17.6 Å². The maximum absolute atomic E-state index is 13.3. The molecule has 8 N–H and O–H groups in total. The minimum absolute atomic E-state index is 0.0559. The highest BCUT2D eigenvalue weighted by molar-refractivity contribution is 5.96. The second-order valence-corrected chi connectivity index (χ2v) is 8.98. The van der Waals surface area contributed by atoms with Crippen molar-refractivity contribution >= 4 is 27.9 Å². The Morgan fingerprint density at radius 3 is 2.18 bits per heavy atom. The molecule has 0 bridgehead atoms. The lowest BCUT2D eigenvalue weighted by Gasteiger charge is -2.42. The molecule has 0 amide bonds. The maximum atomic E-state index is 13.3. The molecule has 13 nitrogen and oxygen atoms in total. The fraction of sp³-hybridized carbons (Fsp3) is 0.231. The first kappa shape index (κ1) is 26.1. The number of aromatic hydroxyl groups is 5. The van der Waals surface area contributed by atoms with Crippen molar-refractivity contribution < 1.29 is 59.5 Å². The molecular formula is C26H22O13. The van der Waals surface area contributed by atoms with Crippen LogP contribution in [0.15, 0.2) is 51.7 Å². The summed E-state index contributed by atoms with van der Waals surface area (Å²) in [5, 5.41) is 81.3. The Bertz CT molecular complexity index is 1640. The number of hydrogen-bond acceptors (Lipinski definition) is 13. The Kier molecular flexibility index (Phi) is 6.44. The molecule has 204 valence electrons. The van der Waals surface area contributed by atoms with Crippen LogP contribution in [-0.2, 0) is 9.47 Å². The number of hydrogen-bond donors (Lipinski definition) is 8. The van der Waals surface area contributed by atoms with Gasteiger partial charge in [0.05, 0.1) is 23.1 Å². The number of rotatable bonds is 4. The summed E-state index contributed by atoms with van der Waals surface area (Å²) in [6.45, 7) is -0.808. The lowest BCUT2D eigenvalue weighted by molar-refractivity contribution is -0.232. The molecule has 39 heavy (non-hydrogen) atoms. The van der Waals surface area contributed by atoms with Crippen molar-refractivity contribution in [2.45, 2.75) is 30.5 Å². The van der Waals surface area contributed by atoms with Crippen LogP contribution in [0, 0.1) is 0 Å². The number of phenolic OH excluding ortho intramolecular Hbond substituents is 5. The summed E-state index contributed by atoms with van der Waals surface area (Å²) in [7, 11) is 0. The van der Waals surface area contributed by atoms with Crippen molar-refractivity contribution in [1.29, 1.82) is 0 Å². The molecule has 5 rings (SSSR count). The molecule has 1 saturated heterocycles. The Morgan fingerprint density at radius 2 is 1.51 bits per heavy atom. The highest BCUT2D eigenvalue weighted by Crippen LogP contribution is 2.46. The molecule has 13 heteroatoms. The predicted molar refractivity (Wildman–Crippen MR) is 131 cm³/mol. The molecule has 1 fully saturated rings. The molecule has 1 aliphatic rings. The van der Waals surface area contributed by atoms with E-state index in [-0.39, 0.29) is 27.9 Å². The molecule has 0 aliphatic carbocycles. The number of carbonyl (C=O) groups is 1. The summed E-state index contributed by atoms with van der Waals surface area (Å²) >= 11 is 0. The van der Waals surface area contributed by atoms with Crippen LogP contribution < -0.4 is 5.43 Å². The number of carbonyl (C=O) groups excluding carboxylic acids is 1. The number of benzene rings is 3. The van der Waals surface area contributed by atoms with Gasteiger partial charge in [0, 0.05) is 12.1 Å². The van der Waals surface area contributed by atoms with Crippen LogP contribution in [0.5, 0.6) is 28.7 Å². The molecule has 0 saturated carbocycles. The first-order chi connectivity index (χ1) is 18.5. The van der Waals surface area contributed by atoms with E-state index in [0.29, 0.717) is 0 Å². The van der Waals surface area contributed by atoms with E-state index >= 15 is 0 Å². The highest BCUT2D eigenvalue weighted by atomic mass is 16.6. The molecule has 4 aromatic rings. The van der Waals surface area contributed by atoms with Crippen LogP contribution >= 0.6 is 0 Å². The quantitative estimate of drug-likeness (QED) is 0.102. The van der Waals surface area contributed by atoms with E-state index in [1.165, 1.54) is 24.3 Å². The minimum atomic E-state index is -1.88. The first-order valence-electron chi connectivity index (χ1n) is 11.5. The fourth-order valence-electron chi connectivity index (χ4n) is 4.54. The van der Waals surface area contributed by atoms with Gasteiger partial charge in [-0.3, -0.25) is 4.79 Å². The summed E-state index contributed by atoms with van der Waals surface area (Å²) in [6.07, 6.45) is -8.57. The molecule has 3 aromatic carbocycles. The van der Waals surface area contributed by atoms with E-state index < -0.39 is 82.5 Å². The maximum Gasteiger partial charge on any atom is 0.338 e. The Balaban J connectivity index is 1.67. The second kappa shape index (κ2) is 9.63. The number of fused-ring (bicyclic) bond motifs is 2. The average molecular weight is 542 g/mol. The van der Waals surface area contributed by atoms with Gasteiger partial charge >= 0.3 is 5.97 Å². The minimum Gasteiger partial charge on any atom is -0.508 e. The van der Waals surface area contributed by atoms with Gasteiger partial charge in [-0.2, -0.15) is 0 Å². The van der Waals surface area contributed by atoms with Crippen LogP contribution in [0.3, 0.4) is 0 Å². The molecule has 0 radical (unpaired) electrons. The van der Waals surface area contributed by atoms with E-state index in [2.05, 4.69) is 0 Å². The van der Waals surface area contributed by atoms with Crippen molar-refractivity contribution in [3.8, 4) is 28.7 Å². The number of aliphatic hydroxyl groups is 3. The van der Waals surface area contributed by atoms with Gasteiger partial charge in [-0.15, -0.1) is 0 Å². The topological polar surface area (TPSA) is 228 Å². The molecule has 1 aromatic heterocycles. The highest BCUT2D eigenvalue weighted by Gasteiger charge is 2.49. The van der Waals surface area contributed by atoms with Gasteiger partial charge < -0.3 is 54.7 Å². The summed E-state index contributed by atoms with van der Waals surface area (Å²) in [5.74, 6) is -3.97. The van der Waals surface area contributed by atoms with E-state index in [9.17, 15) is 50.4 Å². The average Bonchev–Trinajstić information content (AvgIpc) is 2.89. The Morgan fingerprint density at radius 1 is 0.872 bits per heavy atom. The van der Waals surface area contributed by atoms with Gasteiger partial charge in [0.25, 0.3) is 0 Å². The van der Waals surface area contributed by atoms with Crippen molar-refractivity contribution in [3.05, 3.63) is 63.8 Å². The zero-order valence-electron chi connectivity index (χ0n) is 19.8.